The number of anilines is 1. The van der Waals surface area contributed by atoms with Gasteiger partial charge in [-0.1, -0.05) is 6.08 Å². The van der Waals surface area contributed by atoms with Crippen molar-refractivity contribution in [1.29, 1.82) is 0 Å². The smallest absolute Gasteiger partial charge is 0.280 e. The molecule has 4 rings (SSSR count). The molecule has 1 unspecified atom stereocenters. The molecular formula is C22H28N6O3. The number of nitrogens with one attached hydrogen (secondary N) is 2. The van der Waals surface area contributed by atoms with Gasteiger partial charge in [-0.05, 0) is 42.5 Å². The van der Waals surface area contributed by atoms with Gasteiger partial charge < -0.3 is 15.0 Å². The third kappa shape index (κ3) is 4.77. The average molecular weight is 425 g/mol. The van der Waals surface area contributed by atoms with E-state index in [0.29, 0.717) is 30.4 Å². The van der Waals surface area contributed by atoms with E-state index in [9.17, 15) is 9.59 Å². The van der Waals surface area contributed by atoms with Gasteiger partial charge in [0, 0.05) is 46.2 Å². The summed E-state index contributed by atoms with van der Waals surface area (Å²) in [6.45, 7) is 2.51. The van der Waals surface area contributed by atoms with Crippen LogP contribution in [0.1, 0.15) is 12.8 Å². The quantitative estimate of drug-likeness (QED) is 0.752. The fourth-order valence-electron chi connectivity index (χ4n) is 3.73. The number of nitrogens with zero attached hydrogens (tertiary/aromatic N) is 4. The molecule has 0 bridgehead atoms. The molecule has 9 heteroatoms. The molecule has 9 nitrogen and oxygen atoms in total. The maximum absolute atomic E-state index is 12.9. The zero-order valence-corrected chi connectivity index (χ0v) is 17.9. The Morgan fingerprint density at radius 1 is 1.35 bits per heavy atom. The Bertz CT molecular complexity index is 1050. The summed E-state index contributed by atoms with van der Waals surface area (Å²) in [6, 6.07) is 3.67. The molecule has 1 atom stereocenters. The van der Waals surface area contributed by atoms with Crippen molar-refractivity contribution >= 4 is 17.6 Å². The lowest BCUT2D eigenvalue weighted by molar-refractivity contribution is -0.123. The van der Waals surface area contributed by atoms with Gasteiger partial charge in [-0.25, -0.2) is 9.67 Å². The van der Waals surface area contributed by atoms with E-state index in [1.807, 2.05) is 31.1 Å². The monoisotopic (exact) mass is 424 g/mol. The van der Waals surface area contributed by atoms with E-state index < -0.39 is 0 Å². The van der Waals surface area contributed by atoms with Gasteiger partial charge in [0.15, 0.2) is 0 Å². The van der Waals surface area contributed by atoms with Crippen LogP contribution in [0.3, 0.4) is 0 Å². The van der Waals surface area contributed by atoms with E-state index in [1.165, 1.54) is 4.68 Å². The second-order valence-electron chi connectivity index (χ2n) is 8.09. The van der Waals surface area contributed by atoms with E-state index >= 15 is 0 Å². The number of aromatic nitrogens is 3. The Balaban J connectivity index is 1.41. The lowest BCUT2D eigenvalue weighted by atomic mass is 9.99. The van der Waals surface area contributed by atoms with Crippen molar-refractivity contribution < 1.29 is 9.53 Å². The van der Waals surface area contributed by atoms with Crippen LogP contribution in [0.25, 0.3) is 11.1 Å². The number of hydrogen-bond donors (Lipinski definition) is 2. The first-order valence-corrected chi connectivity index (χ1v) is 10.6. The lowest BCUT2D eigenvalue weighted by Gasteiger charge is -2.23. The molecule has 164 valence electrons. The Morgan fingerprint density at radius 2 is 2.16 bits per heavy atom. The van der Waals surface area contributed by atoms with Crippen LogP contribution in [0.4, 0.5) is 5.82 Å². The highest BCUT2D eigenvalue weighted by molar-refractivity contribution is 5.97. The maximum atomic E-state index is 12.9. The van der Waals surface area contributed by atoms with Crippen molar-refractivity contribution in [3.63, 3.8) is 0 Å². The number of carbonyl (C=O) groups is 1. The number of amides is 1. The second-order valence-corrected chi connectivity index (χ2v) is 8.09. The molecule has 4 heterocycles. The zero-order valence-electron chi connectivity index (χ0n) is 17.9. The van der Waals surface area contributed by atoms with Crippen LogP contribution in [0.2, 0.25) is 0 Å². The normalized spacial score (nSPS) is 19.2. The number of ether oxygens (including phenoxy) is 1. The Morgan fingerprint density at radius 3 is 2.87 bits per heavy atom. The molecule has 1 amide bonds. The predicted octanol–water partition coefficient (Wildman–Crippen LogP) is 1.28. The summed E-state index contributed by atoms with van der Waals surface area (Å²) in [6.07, 6.45) is 8.85. The summed E-state index contributed by atoms with van der Waals surface area (Å²) in [5.41, 5.74) is 1.13. The number of dihydropyridines is 1. The molecule has 0 aromatic carbocycles. The summed E-state index contributed by atoms with van der Waals surface area (Å²) in [5, 5.41) is 6.01. The molecule has 2 aromatic rings. The molecule has 2 aliphatic heterocycles. The van der Waals surface area contributed by atoms with Gasteiger partial charge in [-0.3, -0.25) is 19.7 Å². The minimum absolute atomic E-state index is 0.0296. The fraction of sp³-hybridized carbons (Fsp3) is 0.455. The van der Waals surface area contributed by atoms with Gasteiger partial charge >= 0.3 is 0 Å². The highest BCUT2D eigenvalue weighted by Crippen LogP contribution is 2.19. The van der Waals surface area contributed by atoms with Crippen LogP contribution in [-0.4, -0.2) is 66.9 Å². The fourth-order valence-corrected chi connectivity index (χ4v) is 3.73. The standard InChI is InChI=1S/C22H28N6O3/c1-27(2)20-11-16(5-8-23-20)18-14-26-28(22(18)30)19-4-3-17(13-24-19)21(29)25-12-15-6-9-31-10-7-15/h3-5,8,11,14-15,17,26H,6-7,9-10,12-13H2,1-2H3,(H,25,29). The largest absolute Gasteiger partial charge is 0.381 e. The minimum atomic E-state index is -0.323. The van der Waals surface area contributed by atoms with E-state index in [-0.39, 0.29) is 17.4 Å². The van der Waals surface area contributed by atoms with Gasteiger partial charge in [0.2, 0.25) is 5.91 Å². The van der Waals surface area contributed by atoms with E-state index in [1.54, 1.807) is 24.5 Å². The number of hydrogen-bond acceptors (Lipinski definition) is 6. The highest BCUT2D eigenvalue weighted by Gasteiger charge is 2.22. The molecule has 2 aliphatic rings. The summed E-state index contributed by atoms with van der Waals surface area (Å²) in [4.78, 5) is 36.1. The van der Waals surface area contributed by atoms with Crippen molar-refractivity contribution in [2.75, 3.05) is 45.3 Å². The molecule has 0 spiro atoms. The Labute approximate surface area is 180 Å². The summed E-state index contributed by atoms with van der Waals surface area (Å²) in [5.74, 6) is 1.39. The van der Waals surface area contributed by atoms with Crippen LogP contribution >= 0.6 is 0 Å². The van der Waals surface area contributed by atoms with E-state index in [4.69, 9.17) is 4.74 Å². The summed E-state index contributed by atoms with van der Waals surface area (Å²) in [7, 11) is 3.80. The van der Waals surface area contributed by atoms with Crippen LogP contribution in [0.15, 0.2) is 46.5 Å². The molecule has 0 aliphatic carbocycles. The topological polar surface area (TPSA) is 105 Å². The molecule has 0 radical (unpaired) electrons. The minimum Gasteiger partial charge on any atom is -0.381 e. The number of aromatic amines is 1. The molecule has 2 aromatic heterocycles. The molecule has 1 fully saturated rings. The number of rotatable bonds is 5. The third-order valence-corrected chi connectivity index (χ3v) is 5.69. The number of carbonyl (C=O) groups excluding carboxylic acids is 1. The SMILES string of the molecule is CN(C)c1cc(-c2c[nH]n(C3=NCC(C(=O)NCC4CCOCC4)C=C3)c2=O)ccn1. The van der Waals surface area contributed by atoms with Gasteiger partial charge in [0.1, 0.15) is 11.7 Å². The molecule has 1 saturated heterocycles. The second kappa shape index (κ2) is 9.30. The Kier molecular flexibility index (Phi) is 6.31. The molecule has 0 saturated carbocycles. The zero-order chi connectivity index (χ0) is 21.8. The number of aliphatic imine (C=N–C) groups is 1. The number of H-pyrrole nitrogens is 1. The molecule has 31 heavy (non-hydrogen) atoms. The molecule has 2 N–H and O–H groups in total. The van der Waals surface area contributed by atoms with Crippen molar-refractivity contribution in [2.45, 2.75) is 12.8 Å². The first-order chi connectivity index (χ1) is 15.0. The Hall–Kier alpha value is -3.20. The first kappa shape index (κ1) is 21.0. The third-order valence-electron chi connectivity index (χ3n) is 5.69. The number of allylic oxidation sites excluding steroid dienone is 1. The van der Waals surface area contributed by atoms with Crippen LogP contribution in [-0.2, 0) is 9.53 Å². The van der Waals surface area contributed by atoms with Crippen molar-refractivity contribution in [3.8, 4) is 11.1 Å². The summed E-state index contributed by atoms with van der Waals surface area (Å²) < 4.78 is 6.76. The first-order valence-electron chi connectivity index (χ1n) is 10.6. The van der Waals surface area contributed by atoms with Crippen molar-refractivity contribution in [1.82, 2.24) is 20.1 Å². The van der Waals surface area contributed by atoms with Crippen LogP contribution in [0.5, 0.6) is 0 Å². The highest BCUT2D eigenvalue weighted by atomic mass is 16.5. The van der Waals surface area contributed by atoms with E-state index in [0.717, 1.165) is 37.4 Å². The van der Waals surface area contributed by atoms with Gasteiger partial charge in [0.25, 0.3) is 5.56 Å². The molecular weight excluding hydrogens is 396 g/mol. The van der Waals surface area contributed by atoms with Gasteiger partial charge in [-0.2, -0.15) is 0 Å². The van der Waals surface area contributed by atoms with Crippen molar-refractivity contribution in [3.05, 3.63) is 47.0 Å². The number of pyridine rings is 1. The van der Waals surface area contributed by atoms with Gasteiger partial charge in [0.05, 0.1) is 18.0 Å². The van der Waals surface area contributed by atoms with Crippen LogP contribution < -0.4 is 15.8 Å². The predicted molar refractivity (Wildman–Crippen MR) is 119 cm³/mol. The lowest BCUT2D eigenvalue weighted by Crippen LogP contribution is -2.38. The van der Waals surface area contributed by atoms with E-state index in [2.05, 4.69) is 20.4 Å². The van der Waals surface area contributed by atoms with Crippen molar-refractivity contribution in [2.24, 2.45) is 16.8 Å². The maximum Gasteiger partial charge on any atom is 0.280 e. The van der Waals surface area contributed by atoms with Gasteiger partial charge in [-0.15, -0.1) is 0 Å². The summed E-state index contributed by atoms with van der Waals surface area (Å²) >= 11 is 0. The average Bonchev–Trinajstić information content (AvgIpc) is 3.19. The van der Waals surface area contributed by atoms with Crippen LogP contribution in [0, 0.1) is 11.8 Å².